The number of halogens is 1. The largest absolute Gasteiger partial charge is 0.239 e. The van der Waals surface area contributed by atoms with E-state index in [1.165, 1.54) is 0 Å². The van der Waals surface area contributed by atoms with Crippen LogP contribution in [0, 0.1) is 5.92 Å². The molecule has 2 unspecified atom stereocenters. The van der Waals surface area contributed by atoms with Gasteiger partial charge in [-0.3, -0.25) is 0 Å². The van der Waals surface area contributed by atoms with Crippen LogP contribution in [0.3, 0.4) is 0 Å². The third-order valence-corrected chi connectivity index (χ3v) is 2.68. The predicted molar refractivity (Wildman–Crippen MR) is 46.2 cm³/mol. The van der Waals surface area contributed by atoms with Crippen molar-refractivity contribution >= 4 is 0 Å². The highest BCUT2D eigenvalue weighted by Gasteiger charge is 2.33. The molecule has 0 aromatic rings. The van der Waals surface area contributed by atoms with Crippen molar-refractivity contribution in [1.82, 2.24) is 0 Å². The Morgan fingerprint density at radius 3 is 2.73 bits per heavy atom. The van der Waals surface area contributed by atoms with E-state index in [-0.39, 0.29) is 5.92 Å². The average Bonchev–Trinajstić information content (AvgIpc) is 2.00. The molecule has 1 rings (SSSR count). The maximum absolute atomic E-state index is 13.8. The summed E-state index contributed by atoms with van der Waals surface area (Å²) in [6.07, 6.45) is 6.04. The Morgan fingerprint density at radius 2 is 2.27 bits per heavy atom. The Labute approximate surface area is 67.8 Å². The molecule has 0 aromatic carbocycles. The minimum atomic E-state index is -1.10. The topological polar surface area (TPSA) is 0 Å². The molecule has 0 saturated heterocycles. The molecule has 2 atom stereocenters. The lowest BCUT2D eigenvalue weighted by Crippen LogP contribution is -2.30. The summed E-state index contributed by atoms with van der Waals surface area (Å²) in [5.41, 5.74) is 0.0376. The molecule has 0 heterocycles. The molecule has 0 N–H and O–H groups in total. The first-order chi connectivity index (χ1) is 5.10. The van der Waals surface area contributed by atoms with E-state index >= 15 is 0 Å². The fraction of sp³-hybridized carbons (Fsp3) is 0.600. The first-order valence-corrected chi connectivity index (χ1v) is 4.15. The van der Waals surface area contributed by atoms with Crippen LogP contribution in [-0.2, 0) is 0 Å². The number of alkyl halides is 1. The second-order valence-corrected chi connectivity index (χ2v) is 3.27. The van der Waals surface area contributed by atoms with E-state index in [0.29, 0.717) is 6.42 Å². The lowest BCUT2D eigenvalue weighted by atomic mass is 9.80. The van der Waals surface area contributed by atoms with Gasteiger partial charge in [-0.25, -0.2) is 4.39 Å². The van der Waals surface area contributed by atoms with Crippen molar-refractivity contribution < 1.29 is 4.39 Å². The Morgan fingerprint density at radius 1 is 1.64 bits per heavy atom. The number of hydrogen-bond donors (Lipinski definition) is 0. The molecule has 0 saturated carbocycles. The Bertz CT molecular complexity index is 203. The van der Waals surface area contributed by atoms with E-state index in [4.69, 9.17) is 0 Å². The maximum Gasteiger partial charge on any atom is 0.135 e. The molecule has 0 spiro atoms. The van der Waals surface area contributed by atoms with Crippen molar-refractivity contribution in [1.29, 1.82) is 0 Å². The van der Waals surface area contributed by atoms with Crippen molar-refractivity contribution in [3.8, 4) is 0 Å². The summed E-state index contributed by atoms with van der Waals surface area (Å²) in [7, 11) is 0. The van der Waals surface area contributed by atoms with Gasteiger partial charge in [-0.15, -0.1) is 0 Å². The second kappa shape index (κ2) is 2.80. The highest BCUT2D eigenvalue weighted by atomic mass is 19.1. The Kier molecular flexibility index (Phi) is 2.17. The van der Waals surface area contributed by atoms with E-state index in [1.807, 2.05) is 32.9 Å². The molecule has 0 radical (unpaired) electrons. The van der Waals surface area contributed by atoms with Crippen molar-refractivity contribution in [2.75, 3.05) is 0 Å². The van der Waals surface area contributed by atoms with Crippen LogP contribution in [0.15, 0.2) is 23.8 Å². The lowest BCUT2D eigenvalue weighted by molar-refractivity contribution is 0.161. The fourth-order valence-corrected chi connectivity index (χ4v) is 1.45. The fourth-order valence-electron chi connectivity index (χ4n) is 1.45. The third-order valence-electron chi connectivity index (χ3n) is 2.68. The lowest BCUT2D eigenvalue weighted by Gasteiger charge is -2.30. The quantitative estimate of drug-likeness (QED) is 0.544. The summed E-state index contributed by atoms with van der Waals surface area (Å²) in [5.74, 6) is 0.0394. The van der Waals surface area contributed by atoms with Crippen LogP contribution in [0.5, 0.6) is 0 Å². The van der Waals surface area contributed by atoms with Crippen molar-refractivity contribution in [2.24, 2.45) is 5.92 Å². The zero-order valence-electron chi connectivity index (χ0n) is 7.39. The van der Waals surface area contributed by atoms with Gasteiger partial charge >= 0.3 is 0 Å². The molecule has 62 valence electrons. The summed E-state index contributed by atoms with van der Waals surface area (Å²) in [6.45, 7) is 5.82. The SMILES string of the molecule is CCC1(F)C=CC=C(C)C1C. The van der Waals surface area contributed by atoms with E-state index in [9.17, 15) is 4.39 Å². The van der Waals surface area contributed by atoms with Crippen LogP contribution in [-0.4, -0.2) is 5.67 Å². The van der Waals surface area contributed by atoms with Crippen molar-refractivity contribution in [2.45, 2.75) is 32.9 Å². The highest BCUT2D eigenvalue weighted by molar-refractivity contribution is 5.26. The first-order valence-electron chi connectivity index (χ1n) is 4.15. The molecule has 0 fully saturated rings. The standard InChI is InChI=1S/C10H15F/c1-4-10(11)7-5-6-8(2)9(10)3/h5-7,9H,4H2,1-3H3. The monoisotopic (exact) mass is 154 g/mol. The third kappa shape index (κ3) is 1.37. The number of hydrogen-bond acceptors (Lipinski definition) is 0. The van der Waals surface area contributed by atoms with Crippen molar-refractivity contribution in [3.05, 3.63) is 23.8 Å². The van der Waals surface area contributed by atoms with E-state index < -0.39 is 5.67 Å². The molecule has 0 bridgehead atoms. The smallest absolute Gasteiger partial charge is 0.135 e. The Hall–Kier alpha value is -0.590. The highest BCUT2D eigenvalue weighted by Crippen LogP contribution is 2.35. The van der Waals surface area contributed by atoms with Crippen LogP contribution in [0.1, 0.15) is 27.2 Å². The van der Waals surface area contributed by atoms with Gasteiger partial charge < -0.3 is 0 Å². The number of allylic oxidation sites excluding steroid dienone is 4. The average molecular weight is 154 g/mol. The first kappa shape index (κ1) is 8.51. The molecule has 0 nitrogen and oxygen atoms in total. The van der Waals surface area contributed by atoms with Gasteiger partial charge in [0, 0.05) is 5.92 Å². The predicted octanol–water partition coefficient (Wildman–Crippen LogP) is 3.26. The van der Waals surface area contributed by atoms with E-state index in [2.05, 4.69) is 0 Å². The minimum Gasteiger partial charge on any atom is -0.239 e. The van der Waals surface area contributed by atoms with Gasteiger partial charge in [0.1, 0.15) is 5.67 Å². The second-order valence-electron chi connectivity index (χ2n) is 3.27. The molecule has 1 aliphatic carbocycles. The van der Waals surface area contributed by atoms with Crippen molar-refractivity contribution in [3.63, 3.8) is 0 Å². The summed E-state index contributed by atoms with van der Waals surface area (Å²) in [4.78, 5) is 0. The van der Waals surface area contributed by atoms with Crippen LogP contribution < -0.4 is 0 Å². The van der Waals surface area contributed by atoms with Gasteiger partial charge in [0.05, 0.1) is 0 Å². The molecular formula is C10H15F. The van der Waals surface area contributed by atoms with Gasteiger partial charge in [0.15, 0.2) is 0 Å². The summed E-state index contributed by atoms with van der Waals surface area (Å²) < 4.78 is 13.8. The summed E-state index contributed by atoms with van der Waals surface area (Å²) >= 11 is 0. The van der Waals surface area contributed by atoms with Gasteiger partial charge in [0.25, 0.3) is 0 Å². The van der Waals surface area contributed by atoms with E-state index in [0.717, 1.165) is 5.57 Å². The molecule has 1 aliphatic rings. The zero-order chi connectivity index (χ0) is 8.48. The number of rotatable bonds is 1. The molecule has 0 aliphatic heterocycles. The minimum absolute atomic E-state index is 0.0394. The van der Waals surface area contributed by atoms with Crippen LogP contribution in [0.2, 0.25) is 0 Å². The maximum atomic E-state index is 13.8. The van der Waals surface area contributed by atoms with Gasteiger partial charge in [0.2, 0.25) is 0 Å². The van der Waals surface area contributed by atoms with Crippen LogP contribution in [0.4, 0.5) is 4.39 Å². The molecule has 1 heteroatoms. The molecule has 11 heavy (non-hydrogen) atoms. The van der Waals surface area contributed by atoms with E-state index in [1.54, 1.807) is 6.08 Å². The molecule has 0 amide bonds. The Balaban J connectivity index is 2.88. The van der Waals surface area contributed by atoms with Crippen LogP contribution in [0.25, 0.3) is 0 Å². The normalized spacial score (nSPS) is 37.1. The molecular weight excluding hydrogens is 139 g/mol. The van der Waals surface area contributed by atoms with Gasteiger partial charge in [-0.05, 0) is 19.4 Å². The van der Waals surface area contributed by atoms with Crippen LogP contribution >= 0.6 is 0 Å². The van der Waals surface area contributed by atoms with Gasteiger partial charge in [-0.2, -0.15) is 0 Å². The molecule has 0 aromatic heterocycles. The summed E-state index contributed by atoms with van der Waals surface area (Å²) in [5, 5.41) is 0. The summed E-state index contributed by atoms with van der Waals surface area (Å²) in [6, 6.07) is 0. The van der Waals surface area contributed by atoms with Gasteiger partial charge in [-0.1, -0.05) is 31.6 Å². The zero-order valence-corrected chi connectivity index (χ0v) is 7.39.